The summed E-state index contributed by atoms with van der Waals surface area (Å²) >= 11 is 1.48. The predicted octanol–water partition coefficient (Wildman–Crippen LogP) is 6.45. The molecule has 4 amide bonds. The second-order valence-corrected chi connectivity index (χ2v) is 21.4. The number of fused-ring (bicyclic) bond motifs is 3. The SMILES string of the molecule is C=C[C@@H]1C[C@]1(NC(=O)[C@@H]1C[C@@H]2CN1C(=O)[C@H](C1CCCCC1)NC(=O)OCC(C)(C)CCCc1cc3c(cc(Sc4ccccc4)nc3cc1OC)O2)C(=O)NS(=O)(=O)C1CC1. The lowest BCUT2D eigenvalue weighted by atomic mass is 9.83. The molecule has 3 aliphatic carbocycles. The number of pyridine rings is 1. The van der Waals surface area contributed by atoms with E-state index in [1.807, 2.05) is 62.4 Å². The van der Waals surface area contributed by atoms with Crippen LogP contribution in [0.3, 0.4) is 0 Å². The van der Waals surface area contributed by atoms with E-state index in [4.69, 9.17) is 19.2 Å². The molecule has 62 heavy (non-hydrogen) atoms. The molecule has 4 bridgehead atoms. The molecule has 0 spiro atoms. The number of carbonyl (C=O) groups is 4. The van der Waals surface area contributed by atoms with E-state index in [1.54, 1.807) is 7.11 Å². The van der Waals surface area contributed by atoms with Crippen molar-refractivity contribution < 1.29 is 41.8 Å². The van der Waals surface area contributed by atoms with Crippen molar-refractivity contribution in [2.75, 3.05) is 20.3 Å². The number of aromatic nitrogens is 1. The van der Waals surface area contributed by atoms with E-state index in [9.17, 15) is 22.8 Å². The zero-order valence-electron chi connectivity index (χ0n) is 35.7. The highest BCUT2D eigenvalue weighted by Gasteiger charge is 2.62. The molecule has 1 saturated heterocycles. The third-order valence-electron chi connectivity index (χ3n) is 13.1. The van der Waals surface area contributed by atoms with Crippen LogP contribution in [0.2, 0.25) is 0 Å². The summed E-state index contributed by atoms with van der Waals surface area (Å²) in [5.41, 5.74) is -0.328. The van der Waals surface area contributed by atoms with Gasteiger partial charge in [0.1, 0.15) is 40.3 Å². The molecule has 0 radical (unpaired) electrons. The zero-order valence-corrected chi connectivity index (χ0v) is 37.3. The molecule has 8 rings (SSSR count). The van der Waals surface area contributed by atoms with E-state index < -0.39 is 68.7 Å². The van der Waals surface area contributed by atoms with Crippen molar-refractivity contribution in [2.24, 2.45) is 17.3 Å². The molecular weight excluding hydrogens is 831 g/mol. The Morgan fingerprint density at radius 1 is 1.05 bits per heavy atom. The Morgan fingerprint density at radius 3 is 2.50 bits per heavy atom. The van der Waals surface area contributed by atoms with Crippen molar-refractivity contribution in [3.8, 4) is 11.5 Å². The van der Waals surface area contributed by atoms with Crippen molar-refractivity contribution in [3.05, 3.63) is 66.7 Å². The molecular formula is C46H57N5O9S2. The molecule has 14 nitrogen and oxygen atoms in total. The fourth-order valence-electron chi connectivity index (χ4n) is 9.25. The lowest BCUT2D eigenvalue weighted by Gasteiger charge is -2.35. The Kier molecular flexibility index (Phi) is 12.5. The molecule has 16 heteroatoms. The van der Waals surface area contributed by atoms with Crippen molar-refractivity contribution in [1.82, 2.24) is 25.2 Å². The number of hydrogen-bond acceptors (Lipinski definition) is 11. The van der Waals surface area contributed by atoms with Crippen LogP contribution in [-0.4, -0.2) is 91.4 Å². The van der Waals surface area contributed by atoms with E-state index in [0.717, 1.165) is 47.9 Å². The van der Waals surface area contributed by atoms with Gasteiger partial charge in [-0.1, -0.05) is 69.1 Å². The van der Waals surface area contributed by atoms with Crippen LogP contribution in [0.15, 0.2) is 71.1 Å². The van der Waals surface area contributed by atoms with Crippen molar-refractivity contribution in [2.45, 2.75) is 130 Å². The third kappa shape index (κ3) is 9.55. The first kappa shape index (κ1) is 43.8. The number of rotatable bonds is 10. The van der Waals surface area contributed by atoms with Gasteiger partial charge >= 0.3 is 6.09 Å². The van der Waals surface area contributed by atoms with Gasteiger partial charge < -0.3 is 29.7 Å². The zero-order chi connectivity index (χ0) is 43.8. The largest absolute Gasteiger partial charge is 0.496 e. The second kappa shape index (κ2) is 17.7. The second-order valence-electron chi connectivity index (χ2n) is 18.3. The Bertz CT molecular complexity index is 2330. The minimum atomic E-state index is -3.92. The summed E-state index contributed by atoms with van der Waals surface area (Å²) in [6, 6.07) is 13.6. The number of methoxy groups -OCH3 is 1. The Balaban J connectivity index is 1.18. The highest BCUT2D eigenvalue weighted by molar-refractivity contribution is 7.99. The lowest BCUT2D eigenvalue weighted by molar-refractivity contribution is -0.142. The number of cyclic esters (lactones) is 1. The van der Waals surface area contributed by atoms with E-state index in [-0.39, 0.29) is 37.3 Å². The maximum atomic E-state index is 15.1. The van der Waals surface area contributed by atoms with Crippen LogP contribution in [-0.2, 0) is 35.6 Å². The fraction of sp³-hybridized carbons (Fsp3) is 0.543. The van der Waals surface area contributed by atoms with Crippen LogP contribution in [0.25, 0.3) is 10.9 Å². The molecule has 332 valence electrons. The third-order valence-corrected chi connectivity index (χ3v) is 15.8. The quantitative estimate of drug-likeness (QED) is 0.190. The summed E-state index contributed by atoms with van der Waals surface area (Å²) in [6.45, 7) is 8.05. The van der Waals surface area contributed by atoms with Gasteiger partial charge in [0.2, 0.25) is 21.8 Å². The summed E-state index contributed by atoms with van der Waals surface area (Å²) < 4.78 is 46.6. The summed E-state index contributed by atoms with van der Waals surface area (Å²) in [5.74, 6) is -1.40. The van der Waals surface area contributed by atoms with Crippen molar-refractivity contribution >= 4 is 56.5 Å². The standard InChI is InChI=1S/C46H57N5O9S2/c1-5-30-25-46(30,43(54)50-62(56,57)33-18-19-33)49-41(52)36-22-31-26-51(36)42(53)40(28-13-8-6-9-14-28)48-44(55)59-27-45(2,3)20-12-15-29-21-34-35(23-37(29)58-4)47-39(24-38(34)60-31)61-32-16-10-7-11-17-32/h5,7,10-11,16-17,21,23-24,28,30-31,33,36,40H,1,6,8-9,12-15,18-20,22,25-27H2,2-4H3,(H,48,55)(H,49,52)(H,50,54)/t30-,31-,36+,40+,46-/m1/s1. The highest BCUT2D eigenvalue weighted by Crippen LogP contribution is 2.46. The minimum absolute atomic E-state index is 0.00195. The van der Waals surface area contributed by atoms with Gasteiger partial charge in [0, 0.05) is 34.8 Å². The van der Waals surface area contributed by atoms with Crippen LogP contribution in [0, 0.1) is 17.3 Å². The normalized spacial score (nSPS) is 26.9. The molecule has 5 atom stereocenters. The molecule has 3 N–H and O–H groups in total. The number of carbonyl (C=O) groups excluding carboxylic acids is 4. The summed E-state index contributed by atoms with van der Waals surface area (Å²) in [5, 5.41) is 6.59. The van der Waals surface area contributed by atoms with Crippen LogP contribution in [0.1, 0.15) is 90.0 Å². The number of alkyl carbamates (subject to hydrolysis) is 1. The smallest absolute Gasteiger partial charge is 0.407 e. The molecule has 3 heterocycles. The number of nitrogens with zero attached hydrogens (tertiary/aromatic N) is 2. The van der Waals surface area contributed by atoms with Gasteiger partial charge in [0.25, 0.3) is 5.91 Å². The first-order valence-electron chi connectivity index (χ1n) is 21.8. The Labute approximate surface area is 367 Å². The van der Waals surface area contributed by atoms with Gasteiger partial charge in [-0.25, -0.2) is 18.2 Å². The summed E-state index contributed by atoms with van der Waals surface area (Å²) in [4.78, 5) is 64.6. The van der Waals surface area contributed by atoms with E-state index in [0.29, 0.717) is 54.1 Å². The number of nitrogens with one attached hydrogen (secondary N) is 3. The number of benzene rings is 2. The molecule has 3 aromatic rings. The maximum Gasteiger partial charge on any atom is 0.407 e. The van der Waals surface area contributed by atoms with Crippen LogP contribution >= 0.6 is 11.8 Å². The van der Waals surface area contributed by atoms with Crippen LogP contribution < -0.4 is 24.8 Å². The minimum Gasteiger partial charge on any atom is -0.496 e. The van der Waals surface area contributed by atoms with E-state index >= 15 is 4.79 Å². The first-order chi connectivity index (χ1) is 29.7. The molecule has 2 aliphatic heterocycles. The number of amides is 4. The van der Waals surface area contributed by atoms with Crippen LogP contribution in [0.4, 0.5) is 4.79 Å². The van der Waals surface area contributed by atoms with Gasteiger partial charge in [0.15, 0.2) is 0 Å². The molecule has 1 aromatic heterocycles. The van der Waals surface area contributed by atoms with Gasteiger partial charge in [-0.05, 0) is 86.5 Å². The summed E-state index contributed by atoms with van der Waals surface area (Å²) in [6.07, 6.45) is 7.68. The predicted molar refractivity (Wildman–Crippen MR) is 234 cm³/mol. The first-order valence-corrected chi connectivity index (χ1v) is 24.2. The number of hydrogen-bond donors (Lipinski definition) is 3. The average Bonchev–Trinajstić information content (AvgIpc) is 4.19. The maximum absolute atomic E-state index is 15.1. The molecule has 4 fully saturated rings. The monoisotopic (exact) mass is 887 g/mol. The number of sulfonamides is 1. The van der Waals surface area contributed by atoms with Gasteiger partial charge in [0.05, 0.1) is 31.0 Å². The van der Waals surface area contributed by atoms with Crippen LogP contribution in [0.5, 0.6) is 11.5 Å². The Morgan fingerprint density at radius 2 is 1.81 bits per heavy atom. The topological polar surface area (TPSA) is 182 Å². The summed E-state index contributed by atoms with van der Waals surface area (Å²) in [7, 11) is -2.28. The Hall–Kier alpha value is -4.83. The average molecular weight is 888 g/mol. The molecule has 5 aliphatic rings. The van der Waals surface area contributed by atoms with Gasteiger partial charge in [-0.2, -0.15) is 0 Å². The van der Waals surface area contributed by atoms with Gasteiger partial charge in [-0.15, -0.1) is 6.58 Å². The fourth-order valence-corrected chi connectivity index (χ4v) is 11.5. The van der Waals surface area contributed by atoms with E-state index in [1.165, 1.54) is 22.7 Å². The van der Waals surface area contributed by atoms with Crippen molar-refractivity contribution in [1.29, 1.82) is 0 Å². The number of ether oxygens (including phenoxy) is 3. The highest BCUT2D eigenvalue weighted by atomic mass is 32.2. The van der Waals surface area contributed by atoms with E-state index in [2.05, 4.69) is 21.9 Å². The van der Waals surface area contributed by atoms with Gasteiger partial charge in [-0.3, -0.25) is 19.1 Å². The lowest BCUT2D eigenvalue weighted by Crippen LogP contribution is -2.59. The molecule has 3 saturated carbocycles. The van der Waals surface area contributed by atoms with Crippen molar-refractivity contribution in [3.63, 3.8) is 0 Å². The molecule has 0 unspecified atom stereocenters. The number of aryl methyl sites for hydroxylation is 1. The molecule has 2 aromatic carbocycles.